The van der Waals surface area contributed by atoms with E-state index in [0.717, 1.165) is 31.4 Å². The fourth-order valence-corrected chi connectivity index (χ4v) is 3.04. The molecule has 1 aliphatic carbocycles. The van der Waals surface area contributed by atoms with Crippen LogP contribution >= 0.6 is 0 Å². The summed E-state index contributed by atoms with van der Waals surface area (Å²) in [4.78, 5) is 20.5. The van der Waals surface area contributed by atoms with E-state index in [1.54, 1.807) is 12.1 Å². The second-order valence-corrected chi connectivity index (χ2v) is 6.48. The lowest BCUT2D eigenvalue weighted by Gasteiger charge is -2.25. The van der Waals surface area contributed by atoms with Gasteiger partial charge in [0.1, 0.15) is 12.2 Å². The molecule has 25 heavy (non-hydrogen) atoms. The molecule has 0 unspecified atom stereocenters. The zero-order valence-corrected chi connectivity index (χ0v) is 14.6. The molecular weight excluding hydrogens is 320 g/mol. The monoisotopic (exact) mass is 344 g/mol. The zero-order chi connectivity index (χ0) is 18.2. The van der Waals surface area contributed by atoms with Gasteiger partial charge in [0.25, 0.3) is 0 Å². The third-order valence-electron chi connectivity index (χ3n) is 4.64. The van der Waals surface area contributed by atoms with Crippen LogP contribution in [0.3, 0.4) is 0 Å². The van der Waals surface area contributed by atoms with Gasteiger partial charge in [0, 0.05) is 18.2 Å². The zero-order valence-electron chi connectivity index (χ0n) is 14.6. The SMILES string of the molecule is C/C(=N\Oc1ccc(C#N)cn1)[C@H](C)C[C@H](OC(N)=O)C1CCCC1. The first-order valence-corrected chi connectivity index (χ1v) is 8.53. The van der Waals surface area contributed by atoms with Crippen molar-refractivity contribution >= 4 is 11.8 Å². The van der Waals surface area contributed by atoms with Gasteiger partial charge in [0.05, 0.1) is 11.3 Å². The Morgan fingerprint density at radius 3 is 2.76 bits per heavy atom. The summed E-state index contributed by atoms with van der Waals surface area (Å²) in [6.07, 6.45) is 5.63. The van der Waals surface area contributed by atoms with E-state index in [1.165, 1.54) is 6.20 Å². The lowest BCUT2D eigenvalue weighted by molar-refractivity contribution is 0.0594. The van der Waals surface area contributed by atoms with Crippen molar-refractivity contribution in [1.82, 2.24) is 4.98 Å². The molecule has 7 heteroatoms. The van der Waals surface area contributed by atoms with E-state index in [-0.39, 0.29) is 12.0 Å². The molecule has 2 N–H and O–H groups in total. The first-order valence-electron chi connectivity index (χ1n) is 8.53. The molecule has 1 aromatic rings. The minimum atomic E-state index is -0.725. The number of aromatic nitrogens is 1. The van der Waals surface area contributed by atoms with Crippen molar-refractivity contribution in [2.75, 3.05) is 0 Å². The molecule has 2 atom stereocenters. The van der Waals surface area contributed by atoms with Gasteiger partial charge >= 0.3 is 6.09 Å². The van der Waals surface area contributed by atoms with Crippen LogP contribution < -0.4 is 10.6 Å². The molecular formula is C18H24N4O3. The Bertz CT molecular complexity index is 645. The van der Waals surface area contributed by atoms with Crippen LogP contribution in [0, 0.1) is 23.2 Å². The molecule has 2 rings (SSSR count). The summed E-state index contributed by atoms with van der Waals surface area (Å²) in [5.74, 6) is 0.762. The van der Waals surface area contributed by atoms with Crippen molar-refractivity contribution < 1.29 is 14.4 Å². The summed E-state index contributed by atoms with van der Waals surface area (Å²) in [6, 6.07) is 5.21. The van der Waals surface area contributed by atoms with E-state index in [1.807, 2.05) is 19.9 Å². The molecule has 0 bridgehead atoms. The summed E-state index contributed by atoms with van der Waals surface area (Å²) in [5.41, 5.74) is 6.47. The molecule has 0 aromatic carbocycles. The van der Waals surface area contributed by atoms with Crippen LogP contribution in [0.2, 0.25) is 0 Å². The Kier molecular flexibility index (Phi) is 6.75. The first-order chi connectivity index (χ1) is 12.0. The van der Waals surface area contributed by atoms with E-state index in [0.29, 0.717) is 23.8 Å². The summed E-state index contributed by atoms with van der Waals surface area (Å²) in [7, 11) is 0. The minimum Gasteiger partial charge on any atom is -0.446 e. The Hall–Kier alpha value is -2.62. The summed E-state index contributed by atoms with van der Waals surface area (Å²) in [6.45, 7) is 3.88. The van der Waals surface area contributed by atoms with Gasteiger partial charge in [0.15, 0.2) is 0 Å². The quantitative estimate of drug-likeness (QED) is 0.602. The van der Waals surface area contributed by atoms with Crippen molar-refractivity contribution in [3.8, 4) is 11.9 Å². The van der Waals surface area contributed by atoms with Gasteiger partial charge in [0.2, 0.25) is 5.88 Å². The molecule has 1 saturated carbocycles. The first kappa shape index (κ1) is 18.7. The van der Waals surface area contributed by atoms with Crippen LogP contribution in [0.25, 0.3) is 0 Å². The highest BCUT2D eigenvalue weighted by Crippen LogP contribution is 2.32. The van der Waals surface area contributed by atoms with E-state index in [2.05, 4.69) is 10.1 Å². The van der Waals surface area contributed by atoms with Gasteiger partial charge in [-0.3, -0.25) is 0 Å². The Labute approximate surface area is 147 Å². The number of rotatable bonds is 7. The highest BCUT2D eigenvalue weighted by molar-refractivity contribution is 5.83. The number of carbonyl (C=O) groups is 1. The molecule has 0 saturated heterocycles. The van der Waals surface area contributed by atoms with Crippen LogP contribution in [-0.2, 0) is 4.74 Å². The van der Waals surface area contributed by atoms with Crippen molar-refractivity contribution in [2.24, 2.45) is 22.7 Å². The van der Waals surface area contributed by atoms with Crippen LogP contribution in [-0.4, -0.2) is 22.9 Å². The van der Waals surface area contributed by atoms with Gasteiger partial charge in [-0.25, -0.2) is 9.78 Å². The number of primary amides is 1. The number of nitriles is 1. The lowest BCUT2D eigenvalue weighted by Crippen LogP contribution is -2.31. The Morgan fingerprint density at radius 1 is 1.48 bits per heavy atom. The van der Waals surface area contributed by atoms with Crippen LogP contribution in [0.1, 0.15) is 51.5 Å². The minimum absolute atomic E-state index is 0.0725. The number of hydrogen-bond acceptors (Lipinski definition) is 6. The Morgan fingerprint density at radius 2 is 2.20 bits per heavy atom. The molecule has 1 heterocycles. The molecule has 0 spiro atoms. The third-order valence-corrected chi connectivity index (χ3v) is 4.64. The molecule has 7 nitrogen and oxygen atoms in total. The molecule has 1 fully saturated rings. The molecule has 134 valence electrons. The van der Waals surface area contributed by atoms with E-state index >= 15 is 0 Å². The highest BCUT2D eigenvalue weighted by atomic mass is 16.6. The van der Waals surface area contributed by atoms with Crippen molar-refractivity contribution in [3.63, 3.8) is 0 Å². The number of amides is 1. The van der Waals surface area contributed by atoms with Gasteiger partial charge in [-0.15, -0.1) is 0 Å². The predicted octanol–water partition coefficient (Wildman–Crippen LogP) is 3.39. The van der Waals surface area contributed by atoms with Gasteiger partial charge in [-0.2, -0.15) is 5.26 Å². The fraction of sp³-hybridized carbons (Fsp3) is 0.556. The van der Waals surface area contributed by atoms with Gasteiger partial charge in [-0.1, -0.05) is 24.9 Å². The van der Waals surface area contributed by atoms with Gasteiger partial charge < -0.3 is 15.3 Å². The number of nitrogens with two attached hydrogens (primary N) is 1. The normalized spacial score (nSPS) is 17.6. The molecule has 1 aliphatic rings. The highest BCUT2D eigenvalue weighted by Gasteiger charge is 2.29. The summed E-state index contributed by atoms with van der Waals surface area (Å²) < 4.78 is 5.34. The topological polar surface area (TPSA) is 111 Å². The fourth-order valence-electron chi connectivity index (χ4n) is 3.04. The Balaban J connectivity index is 1.94. The van der Waals surface area contributed by atoms with Crippen LogP contribution in [0.5, 0.6) is 5.88 Å². The largest absolute Gasteiger partial charge is 0.446 e. The van der Waals surface area contributed by atoms with E-state index < -0.39 is 6.09 Å². The average molecular weight is 344 g/mol. The number of ether oxygens (including phenoxy) is 1. The predicted molar refractivity (Wildman–Crippen MR) is 92.9 cm³/mol. The second kappa shape index (κ2) is 9.02. The standard InChI is InChI=1S/C18H24N4O3/c1-12(9-16(24-18(20)23)15-5-3-4-6-15)13(2)22-25-17-8-7-14(10-19)11-21-17/h7-8,11-12,15-16H,3-6,9H2,1-2H3,(H2,20,23)/b22-13+/t12-,16+/m1/s1. The number of oxime groups is 1. The number of nitrogens with zero attached hydrogens (tertiary/aromatic N) is 3. The smallest absolute Gasteiger partial charge is 0.404 e. The lowest BCUT2D eigenvalue weighted by atomic mass is 9.90. The maximum atomic E-state index is 11.2. The molecule has 0 radical (unpaired) electrons. The number of hydrogen-bond donors (Lipinski definition) is 1. The van der Waals surface area contributed by atoms with Crippen LogP contribution in [0.15, 0.2) is 23.5 Å². The van der Waals surface area contributed by atoms with Crippen molar-refractivity contribution in [3.05, 3.63) is 23.9 Å². The van der Waals surface area contributed by atoms with Crippen molar-refractivity contribution in [2.45, 2.75) is 52.1 Å². The average Bonchev–Trinajstić information content (AvgIpc) is 3.13. The molecule has 1 aromatic heterocycles. The van der Waals surface area contributed by atoms with E-state index in [9.17, 15) is 4.79 Å². The van der Waals surface area contributed by atoms with E-state index in [4.69, 9.17) is 20.6 Å². The number of carbonyl (C=O) groups excluding carboxylic acids is 1. The van der Waals surface area contributed by atoms with Gasteiger partial charge in [-0.05, 0) is 38.2 Å². The molecule has 1 amide bonds. The summed E-state index contributed by atoms with van der Waals surface area (Å²) in [5, 5.41) is 12.9. The maximum Gasteiger partial charge on any atom is 0.404 e. The number of pyridine rings is 1. The van der Waals surface area contributed by atoms with Crippen LogP contribution in [0.4, 0.5) is 4.79 Å². The maximum absolute atomic E-state index is 11.2. The van der Waals surface area contributed by atoms with Crippen molar-refractivity contribution in [1.29, 1.82) is 5.26 Å². The second-order valence-electron chi connectivity index (χ2n) is 6.48. The molecule has 0 aliphatic heterocycles. The third kappa shape index (κ3) is 5.75. The summed E-state index contributed by atoms with van der Waals surface area (Å²) >= 11 is 0.